The van der Waals surface area contributed by atoms with Crippen LogP contribution in [0.3, 0.4) is 0 Å². The van der Waals surface area contributed by atoms with Gasteiger partial charge in [-0.1, -0.05) is 0 Å². The molecule has 0 fully saturated rings. The molecule has 0 aliphatic rings. The van der Waals surface area contributed by atoms with E-state index in [9.17, 15) is 14.9 Å². The summed E-state index contributed by atoms with van der Waals surface area (Å²) in [4.78, 5) is 25.0. The summed E-state index contributed by atoms with van der Waals surface area (Å²) in [5, 5.41) is 11.6. The lowest BCUT2D eigenvalue weighted by Gasteiger charge is -2.20. The molecule has 0 amide bonds. The van der Waals surface area contributed by atoms with Crippen molar-refractivity contribution in [2.75, 3.05) is 19.1 Å². The summed E-state index contributed by atoms with van der Waals surface area (Å²) in [6.45, 7) is 0. The van der Waals surface area contributed by atoms with Crippen molar-refractivity contribution in [1.82, 2.24) is 4.57 Å². The third-order valence-corrected chi connectivity index (χ3v) is 4.22. The number of pyridine rings is 1. The van der Waals surface area contributed by atoms with Crippen molar-refractivity contribution in [3.8, 4) is 5.75 Å². The number of hydrogen-bond donors (Lipinski definition) is 0. The quantitative estimate of drug-likeness (QED) is 0.539. The number of benzene rings is 2. The smallest absolute Gasteiger partial charge is 0.274 e. The monoisotopic (exact) mass is 339 g/mol. The zero-order valence-electron chi connectivity index (χ0n) is 14.1. The van der Waals surface area contributed by atoms with Crippen LogP contribution in [0.1, 0.15) is 0 Å². The first kappa shape index (κ1) is 16.5. The summed E-state index contributed by atoms with van der Waals surface area (Å²) in [7, 11) is 5.02. The molecular formula is C18H17N3O4. The molecule has 0 spiro atoms. The first-order valence-electron chi connectivity index (χ1n) is 7.58. The van der Waals surface area contributed by atoms with Crippen LogP contribution in [-0.4, -0.2) is 23.6 Å². The highest BCUT2D eigenvalue weighted by Gasteiger charge is 2.15. The molecule has 3 rings (SSSR count). The molecule has 0 radical (unpaired) electrons. The van der Waals surface area contributed by atoms with Crippen LogP contribution in [0.15, 0.2) is 53.3 Å². The van der Waals surface area contributed by atoms with Gasteiger partial charge in [-0.15, -0.1) is 0 Å². The van der Waals surface area contributed by atoms with Crippen LogP contribution >= 0.6 is 0 Å². The molecule has 128 valence electrons. The Morgan fingerprint density at radius 1 is 1.12 bits per heavy atom. The zero-order valence-corrected chi connectivity index (χ0v) is 14.1. The molecule has 3 aromatic rings. The highest BCUT2D eigenvalue weighted by Crippen LogP contribution is 2.27. The molecule has 25 heavy (non-hydrogen) atoms. The van der Waals surface area contributed by atoms with Gasteiger partial charge in [-0.3, -0.25) is 14.9 Å². The third kappa shape index (κ3) is 2.91. The average Bonchev–Trinajstić information content (AvgIpc) is 2.63. The van der Waals surface area contributed by atoms with E-state index < -0.39 is 4.92 Å². The second-order valence-corrected chi connectivity index (χ2v) is 5.65. The number of nitrogens with zero attached hydrogens (tertiary/aromatic N) is 3. The summed E-state index contributed by atoms with van der Waals surface area (Å²) >= 11 is 0. The van der Waals surface area contributed by atoms with E-state index in [1.54, 1.807) is 38.2 Å². The van der Waals surface area contributed by atoms with Crippen molar-refractivity contribution in [3.05, 3.63) is 69.0 Å². The maximum atomic E-state index is 12.7. The van der Waals surface area contributed by atoms with Gasteiger partial charge in [0.05, 0.1) is 17.5 Å². The van der Waals surface area contributed by atoms with Gasteiger partial charge in [0.25, 0.3) is 11.2 Å². The van der Waals surface area contributed by atoms with E-state index >= 15 is 0 Å². The minimum absolute atomic E-state index is 0.0100. The van der Waals surface area contributed by atoms with Gasteiger partial charge < -0.3 is 14.2 Å². The van der Waals surface area contributed by atoms with Crippen LogP contribution < -0.4 is 15.2 Å². The summed E-state index contributed by atoms with van der Waals surface area (Å²) in [6, 6.07) is 13.4. The van der Waals surface area contributed by atoms with E-state index in [1.807, 2.05) is 24.3 Å². The molecule has 0 saturated heterocycles. The largest absolute Gasteiger partial charge is 0.497 e. The van der Waals surface area contributed by atoms with Crippen LogP contribution in [0, 0.1) is 10.1 Å². The van der Waals surface area contributed by atoms with Gasteiger partial charge in [-0.05, 0) is 36.4 Å². The Hall–Kier alpha value is -3.35. The Morgan fingerprint density at radius 3 is 2.40 bits per heavy atom. The molecule has 1 heterocycles. The van der Waals surface area contributed by atoms with Crippen LogP contribution in [0.25, 0.3) is 10.9 Å². The number of nitro groups is 1. The fourth-order valence-electron chi connectivity index (χ4n) is 2.75. The maximum Gasteiger partial charge on any atom is 0.274 e. The summed E-state index contributed by atoms with van der Waals surface area (Å²) in [6.07, 6.45) is 0. The predicted molar refractivity (Wildman–Crippen MR) is 96.9 cm³/mol. The molecule has 0 atom stereocenters. The van der Waals surface area contributed by atoms with Gasteiger partial charge in [0.1, 0.15) is 11.4 Å². The lowest BCUT2D eigenvalue weighted by Crippen LogP contribution is -2.25. The molecule has 0 unspecified atom stereocenters. The Bertz CT molecular complexity index is 1010. The number of aryl methyl sites for hydroxylation is 1. The van der Waals surface area contributed by atoms with Gasteiger partial charge >= 0.3 is 0 Å². The second kappa shape index (κ2) is 6.27. The number of methoxy groups -OCH3 is 1. The van der Waals surface area contributed by atoms with E-state index in [0.717, 1.165) is 11.4 Å². The Kier molecular flexibility index (Phi) is 4.14. The fourth-order valence-corrected chi connectivity index (χ4v) is 2.75. The van der Waals surface area contributed by atoms with E-state index in [2.05, 4.69) is 0 Å². The van der Waals surface area contributed by atoms with Gasteiger partial charge in [0.15, 0.2) is 0 Å². The van der Waals surface area contributed by atoms with Crippen LogP contribution in [0.4, 0.5) is 17.1 Å². The van der Waals surface area contributed by atoms with Crippen LogP contribution in [-0.2, 0) is 7.05 Å². The topological polar surface area (TPSA) is 77.6 Å². The number of non-ortho nitro benzene ring substituents is 1. The minimum atomic E-state index is -0.447. The minimum Gasteiger partial charge on any atom is -0.497 e. The van der Waals surface area contributed by atoms with E-state index in [4.69, 9.17) is 4.74 Å². The normalized spacial score (nSPS) is 10.7. The molecule has 0 saturated carbocycles. The molecule has 0 N–H and O–H groups in total. The van der Waals surface area contributed by atoms with Crippen molar-refractivity contribution >= 4 is 28.0 Å². The molecule has 0 aliphatic carbocycles. The number of fused-ring (bicyclic) bond motifs is 1. The second-order valence-electron chi connectivity index (χ2n) is 5.65. The molecule has 1 aromatic heterocycles. The molecule has 2 aromatic carbocycles. The van der Waals surface area contributed by atoms with Crippen molar-refractivity contribution in [2.24, 2.45) is 7.05 Å². The first-order valence-corrected chi connectivity index (χ1v) is 7.58. The molecular weight excluding hydrogens is 322 g/mol. The fraction of sp³-hybridized carbons (Fsp3) is 0.167. The molecule has 7 heteroatoms. The summed E-state index contributed by atoms with van der Waals surface area (Å²) in [5.74, 6) is 0.721. The van der Waals surface area contributed by atoms with E-state index in [1.165, 1.54) is 16.7 Å². The first-order chi connectivity index (χ1) is 11.9. The third-order valence-electron chi connectivity index (χ3n) is 4.22. The molecule has 7 nitrogen and oxygen atoms in total. The van der Waals surface area contributed by atoms with E-state index in [-0.39, 0.29) is 11.2 Å². The molecule has 0 bridgehead atoms. The Labute approximate surface area is 143 Å². The molecule has 0 aliphatic heterocycles. The van der Waals surface area contributed by atoms with Crippen LogP contribution in [0.5, 0.6) is 5.75 Å². The lowest BCUT2D eigenvalue weighted by molar-refractivity contribution is -0.384. The van der Waals surface area contributed by atoms with Gasteiger partial charge in [-0.25, -0.2) is 0 Å². The van der Waals surface area contributed by atoms with Gasteiger partial charge in [-0.2, -0.15) is 0 Å². The summed E-state index contributed by atoms with van der Waals surface area (Å²) < 4.78 is 6.64. The lowest BCUT2D eigenvalue weighted by atomic mass is 10.1. The van der Waals surface area contributed by atoms with Crippen molar-refractivity contribution in [3.63, 3.8) is 0 Å². The number of nitro benzene ring substituents is 1. The zero-order chi connectivity index (χ0) is 18.1. The van der Waals surface area contributed by atoms with Crippen molar-refractivity contribution in [1.29, 1.82) is 0 Å². The van der Waals surface area contributed by atoms with Crippen molar-refractivity contribution in [2.45, 2.75) is 0 Å². The standard InChI is InChI=1S/C18H17N3O4/c1-19(13-4-7-15(25-3)8-5-13)17-11-12-10-14(21(23)24)6-9-16(12)20(2)18(17)22/h4-11H,1-3H3. The van der Waals surface area contributed by atoms with Gasteiger partial charge in [0, 0.05) is 37.3 Å². The number of hydrogen-bond acceptors (Lipinski definition) is 5. The van der Waals surface area contributed by atoms with Crippen LogP contribution in [0.2, 0.25) is 0 Å². The number of rotatable bonds is 4. The van der Waals surface area contributed by atoms with Gasteiger partial charge in [0.2, 0.25) is 0 Å². The highest BCUT2D eigenvalue weighted by atomic mass is 16.6. The Balaban J connectivity index is 2.15. The highest BCUT2D eigenvalue weighted by molar-refractivity contribution is 5.85. The number of aromatic nitrogens is 1. The predicted octanol–water partition coefficient (Wildman–Crippen LogP) is 3.22. The summed E-state index contributed by atoms with van der Waals surface area (Å²) in [5.41, 5.74) is 1.69. The van der Waals surface area contributed by atoms with Crippen molar-refractivity contribution < 1.29 is 9.66 Å². The number of anilines is 2. The SMILES string of the molecule is COc1ccc(N(C)c2cc3cc([N+](=O)[O-])ccc3n(C)c2=O)cc1. The average molecular weight is 339 g/mol. The Morgan fingerprint density at radius 2 is 1.80 bits per heavy atom. The maximum absolute atomic E-state index is 12.7. The van der Waals surface area contributed by atoms with E-state index in [0.29, 0.717) is 16.6 Å². The number of ether oxygens (including phenoxy) is 1.